The van der Waals surface area contributed by atoms with Crippen molar-refractivity contribution in [1.82, 2.24) is 15.3 Å². The van der Waals surface area contributed by atoms with Crippen LogP contribution >= 0.6 is 0 Å². The number of carbonyl (C=O) groups excluding carboxylic acids is 1. The van der Waals surface area contributed by atoms with Gasteiger partial charge in [0.05, 0.1) is 17.4 Å². The van der Waals surface area contributed by atoms with Gasteiger partial charge in [-0.15, -0.1) is 0 Å². The fraction of sp³-hybridized carbons (Fsp3) is 0.308. The van der Waals surface area contributed by atoms with E-state index in [9.17, 15) is 4.79 Å². The lowest BCUT2D eigenvalue weighted by atomic mass is 10.2. The molecular formula is C13H17N5O2. The molecule has 0 aliphatic rings. The van der Waals surface area contributed by atoms with Crippen molar-refractivity contribution in [2.75, 3.05) is 5.43 Å². The second-order valence-electron chi connectivity index (χ2n) is 4.52. The Labute approximate surface area is 116 Å². The maximum atomic E-state index is 12.2. The fourth-order valence-electron chi connectivity index (χ4n) is 1.77. The highest BCUT2D eigenvalue weighted by atomic mass is 16.4. The van der Waals surface area contributed by atoms with Crippen molar-refractivity contribution in [3.05, 3.63) is 41.4 Å². The zero-order valence-corrected chi connectivity index (χ0v) is 11.6. The largest absolute Gasteiger partial charge is 0.444 e. The third kappa shape index (κ3) is 2.94. The lowest BCUT2D eigenvalue weighted by Gasteiger charge is -2.13. The Kier molecular flexibility index (Phi) is 3.99. The highest BCUT2D eigenvalue weighted by Crippen LogP contribution is 2.17. The Morgan fingerprint density at radius 2 is 2.10 bits per heavy atom. The number of hydrazine groups is 1. The summed E-state index contributed by atoms with van der Waals surface area (Å²) in [6.45, 7) is 5.41. The van der Waals surface area contributed by atoms with Crippen LogP contribution in [0.2, 0.25) is 0 Å². The molecule has 2 rings (SSSR count). The van der Waals surface area contributed by atoms with Gasteiger partial charge in [-0.3, -0.25) is 15.6 Å². The van der Waals surface area contributed by atoms with Crippen molar-refractivity contribution < 1.29 is 9.21 Å². The van der Waals surface area contributed by atoms with Crippen molar-refractivity contribution in [2.45, 2.75) is 26.8 Å². The summed E-state index contributed by atoms with van der Waals surface area (Å²) in [4.78, 5) is 20.4. The SMILES string of the molecule is Cc1cc(NN)c(C(=O)NC(C)c2ncc(C)o2)cn1. The lowest BCUT2D eigenvalue weighted by Crippen LogP contribution is -2.28. The predicted molar refractivity (Wildman–Crippen MR) is 73.9 cm³/mol. The summed E-state index contributed by atoms with van der Waals surface area (Å²) in [5, 5.41) is 2.79. The molecule has 0 bridgehead atoms. The number of hydrogen-bond donors (Lipinski definition) is 3. The third-order valence-electron chi connectivity index (χ3n) is 2.80. The van der Waals surface area contributed by atoms with E-state index in [-0.39, 0.29) is 11.9 Å². The molecule has 0 fully saturated rings. The highest BCUT2D eigenvalue weighted by Gasteiger charge is 2.18. The maximum Gasteiger partial charge on any atom is 0.255 e. The number of rotatable bonds is 4. The molecule has 2 heterocycles. The van der Waals surface area contributed by atoms with Crippen molar-refractivity contribution >= 4 is 11.6 Å². The summed E-state index contributed by atoms with van der Waals surface area (Å²) in [7, 11) is 0. The van der Waals surface area contributed by atoms with E-state index in [2.05, 4.69) is 20.7 Å². The molecule has 0 radical (unpaired) electrons. The van der Waals surface area contributed by atoms with Crippen molar-refractivity contribution in [2.24, 2.45) is 5.84 Å². The van der Waals surface area contributed by atoms with Gasteiger partial charge in [0.2, 0.25) is 5.89 Å². The van der Waals surface area contributed by atoms with Gasteiger partial charge < -0.3 is 15.2 Å². The molecule has 106 valence electrons. The Bertz CT molecular complexity index is 623. The van der Waals surface area contributed by atoms with E-state index in [0.717, 1.165) is 5.69 Å². The number of oxazole rings is 1. The monoisotopic (exact) mass is 275 g/mol. The number of pyridine rings is 1. The van der Waals surface area contributed by atoms with Crippen molar-refractivity contribution in [3.8, 4) is 0 Å². The Balaban J connectivity index is 2.16. The first kappa shape index (κ1) is 14.0. The van der Waals surface area contributed by atoms with Crippen LogP contribution in [0.15, 0.2) is 22.9 Å². The van der Waals surface area contributed by atoms with Crippen LogP contribution < -0.4 is 16.6 Å². The van der Waals surface area contributed by atoms with Gasteiger partial charge in [0.15, 0.2) is 0 Å². The van der Waals surface area contributed by atoms with E-state index in [0.29, 0.717) is 22.9 Å². The second kappa shape index (κ2) is 5.70. The van der Waals surface area contributed by atoms with Crippen LogP contribution in [0.1, 0.15) is 40.7 Å². The molecule has 0 aliphatic carbocycles. The van der Waals surface area contributed by atoms with Gasteiger partial charge in [-0.2, -0.15) is 0 Å². The molecule has 20 heavy (non-hydrogen) atoms. The molecule has 1 amide bonds. The average Bonchev–Trinajstić information content (AvgIpc) is 2.85. The van der Waals surface area contributed by atoms with Crippen LogP contribution in [0, 0.1) is 13.8 Å². The minimum absolute atomic E-state index is 0.297. The summed E-state index contributed by atoms with van der Waals surface area (Å²) in [6.07, 6.45) is 3.09. The topological polar surface area (TPSA) is 106 Å². The van der Waals surface area contributed by atoms with E-state index in [1.54, 1.807) is 26.1 Å². The first-order valence-corrected chi connectivity index (χ1v) is 6.17. The number of hydrogen-bond acceptors (Lipinski definition) is 6. The van der Waals surface area contributed by atoms with Gasteiger partial charge in [0.1, 0.15) is 11.8 Å². The van der Waals surface area contributed by atoms with E-state index in [4.69, 9.17) is 10.3 Å². The Hall–Kier alpha value is -2.41. The Morgan fingerprint density at radius 3 is 2.70 bits per heavy atom. The maximum absolute atomic E-state index is 12.2. The highest BCUT2D eigenvalue weighted by molar-refractivity contribution is 5.99. The van der Waals surface area contributed by atoms with Crippen molar-refractivity contribution in [3.63, 3.8) is 0 Å². The fourth-order valence-corrected chi connectivity index (χ4v) is 1.77. The van der Waals surface area contributed by atoms with Crippen LogP contribution in [-0.2, 0) is 0 Å². The number of carbonyl (C=O) groups is 1. The molecule has 0 aliphatic heterocycles. The molecule has 4 N–H and O–H groups in total. The van der Waals surface area contributed by atoms with E-state index in [1.165, 1.54) is 6.20 Å². The number of nitrogens with one attached hydrogen (secondary N) is 2. The summed E-state index contributed by atoms with van der Waals surface area (Å²) in [5.74, 6) is 6.27. The van der Waals surface area contributed by atoms with Crippen LogP contribution in [0.25, 0.3) is 0 Å². The zero-order chi connectivity index (χ0) is 14.7. The first-order valence-electron chi connectivity index (χ1n) is 6.17. The normalized spacial score (nSPS) is 12.0. The van der Waals surface area contributed by atoms with Gasteiger partial charge >= 0.3 is 0 Å². The number of aryl methyl sites for hydroxylation is 2. The van der Waals surface area contributed by atoms with Gasteiger partial charge in [-0.1, -0.05) is 0 Å². The molecule has 1 atom stereocenters. The van der Waals surface area contributed by atoms with E-state index < -0.39 is 0 Å². The van der Waals surface area contributed by atoms with Crippen LogP contribution in [-0.4, -0.2) is 15.9 Å². The second-order valence-corrected chi connectivity index (χ2v) is 4.52. The molecule has 0 spiro atoms. The Morgan fingerprint density at radius 1 is 1.35 bits per heavy atom. The summed E-state index contributed by atoms with van der Waals surface area (Å²) in [6, 6.07) is 1.36. The molecule has 7 nitrogen and oxygen atoms in total. The third-order valence-corrected chi connectivity index (χ3v) is 2.80. The average molecular weight is 275 g/mol. The predicted octanol–water partition coefficient (Wildman–Crippen LogP) is 1.46. The van der Waals surface area contributed by atoms with Gasteiger partial charge in [0, 0.05) is 11.9 Å². The molecule has 7 heteroatoms. The van der Waals surface area contributed by atoms with E-state index in [1.807, 2.05) is 6.92 Å². The zero-order valence-electron chi connectivity index (χ0n) is 11.6. The number of anilines is 1. The van der Waals surface area contributed by atoms with Gasteiger partial charge in [0.25, 0.3) is 5.91 Å². The standard InChI is InChI=1S/C13H17N5O2/c1-7-4-11(18-14)10(6-15-7)12(19)17-9(3)13-16-5-8(2)20-13/h4-6,9H,14H2,1-3H3,(H,15,18)(H,17,19). The lowest BCUT2D eigenvalue weighted by molar-refractivity contribution is 0.0934. The number of aromatic nitrogens is 2. The van der Waals surface area contributed by atoms with Crippen LogP contribution in [0.5, 0.6) is 0 Å². The number of nitrogens with zero attached hydrogens (tertiary/aromatic N) is 2. The summed E-state index contributed by atoms with van der Waals surface area (Å²) < 4.78 is 5.38. The van der Waals surface area contributed by atoms with Crippen LogP contribution in [0.4, 0.5) is 5.69 Å². The number of nitrogens with two attached hydrogens (primary N) is 1. The van der Waals surface area contributed by atoms with Gasteiger partial charge in [-0.05, 0) is 26.8 Å². The molecule has 1 unspecified atom stereocenters. The van der Waals surface area contributed by atoms with Gasteiger partial charge in [-0.25, -0.2) is 4.98 Å². The smallest absolute Gasteiger partial charge is 0.255 e. The summed E-state index contributed by atoms with van der Waals surface area (Å²) >= 11 is 0. The molecule has 0 saturated heterocycles. The summed E-state index contributed by atoms with van der Waals surface area (Å²) in [5.41, 5.74) is 4.15. The van der Waals surface area contributed by atoms with E-state index >= 15 is 0 Å². The number of amides is 1. The molecule has 0 saturated carbocycles. The molecular weight excluding hydrogens is 258 g/mol. The minimum Gasteiger partial charge on any atom is -0.444 e. The molecule has 2 aromatic heterocycles. The quantitative estimate of drug-likeness (QED) is 0.576. The minimum atomic E-state index is -0.344. The van der Waals surface area contributed by atoms with Crippen LogP contribution in [0.3, 0.4) is 0 Å². The number of nitrogen functional groups attached to an aromatic ring is 1. The van der Waals surface area contributed by atoms with Crippen molar-refractivity contribution in [1.29, 1.82) is 0 Å². The first-order chi connectivity index (χ1) is 9.51. The molecule has 2 aromatic rings. The molecule has 0 aromatic carbocycles.